The largest absolute Gasteiger partial charge is 0.394 e. The molecule has 0 saturated carbocycles. The number of carbonyl (C=O) groups is 1. The minimum absolute atomic E-state index is 0.253. The molecular formula is C65H117NO13. The molecule has 12 unspecified atom stereocenters. The number of aliphatic hydroxyl groups is 8. The van der Waals surface area contributed by atoms with Gasteiger partial charge in [0.15, 0.2) is 12.6 Å². The molecular weight excluding hydrogens is 1000 g/mol. The number of rotatable bonds is 51. The van der Waals surface area contributed by atoms with Gasteiger partial charge in [-0.25, -0.2) is 0 Å². The van der Waals surface area contributed by atoms with Crippen LogP contribution in [0.25, 0.3) is 0 Å². The Balaban J connectivity index is 1.70. The summed E-state index contributed by atoms with van der Waals surface area (Å²) in [7, 11) is 0. The van der Waals surface area contributed by atoms with Crippen LogP contribution in [0, 0.1) is 0 Å². The van der Waals surface area contributed by atoms with E-state index in [0.717, 1.165) is 51.4 Å². The number of hydrogen-bond acceptors (Lipinski definition) is 13. The van der Waals surface area contributed by atoms with Crippen molar-refractivity contribution in [2.45, 2.75) is 325 Å². The Morgan fingerprint density at radius 3 is 1.32 bits per heavy atom. The van der Waals surface area contributed by atoms with Crippen LogP contribution in [-0.2, 0) is 23.7 Å². The number of allylic oxidation sites excluding steroid dienone is 9. The van der Waals surface area contributed by atoms with Gasteiger partial charge in [-0.3, -0.25) is 4.79 Å². The maximum absolute atomic E-state index is 13.3. The summed E-state index contributed by atoms with van der Waals surface area (Å²) in [5, 5.41) is 87.1. The lowest BCUT2D eigenvalue weighted by Crippen LogP contribution is -2.65. The molecule has 0 aromatic carbocycles. The summed E-state index contributed by atoms with van der Waals surface area (Å²) >= 11 is 0. The van der Waals surface area contributed by atoms with Crippen molar-refractivity contribution in [3.8, 4) is 0 Å². The number of ether oxygens (including phenoxy) is 4. The van der Waals surface area contributed by atoms with Crippen LogP contribution in [0.2, 0.25) is 0 Å². The molecule has 14 nitrogen and oxygen atoms in total. The first-order valence-corrected chi connectivity index (χ1v) is 32.0. The lowest BCUT2D eigenvalue weighted by atomic mass is 9.97. The highest BCUT2D eigenvalue weighted by atomic mass is 16.7. The van der Waals surface area contributed by atoms with Crippen molar-refractivity contribution in [1.29, 1.82) is 0 Å². The van der Waals surface area contributed by atoms with E-state index in [1.54, 1.807) is 6.08 Å². The predicted molar refractivity (Wildman–Crippen MR) is 318 cm³/mol. The number of hydrogen-bond donors (Lipinski definition) is 9. The third-order valence-electron chi connectivity index (χ3n) is 15.4. The summed E-state index contributed by atoms with van der Waals surface area (Å²) in [4.78, 5) is 13.3. The summed E-state index contributed by atoms with van der Waals surface area (Å²) in [6.45, 7) is 2.76. The van der Waals surface area contributed by atoms with E-state index in [0.29, 0.717) is 12.8 Å². The van der Waals surface area contributed by atoms with Gasteiger partial charge in [-0.05, 0) is 77.0 Å². The molecule has 12 atom stereocenters. The van der Waals surface area contributed by atoms with Gasteiger partial charge in [0.1, 0.15) is 48.8 Å². The first-order chi connectivity index (χ1) is 38.6. The summed E-state index contributed by atoms with van der Waals surface area (Å²) in [5.74, 6) is -0.253. The Kier molecular flexibility index (Phi) is 46.3. The van der Waals surface area contributed by atoms with Gasteiger partial charge >= 0.3 is 0 Å². The van der Waals surface area contributed by atoms with Crippen molar-refractivity contribution in [2.75, 3.05) is 19.8 Å². The van der Waals surface area contributed by atoms with Crippen molar-refractivity contribution < 1.29 is 64.6 Å². The molecule has 14 heteroatoms. The molecule has 2 rings (SSSR count). The van der Waals surface area contributed by atoms with E-state index in [1.165, 1.54) is 167 Å². The third kappa shape index (κ3) is 35.4. The third-order valence-corrected chi connectivity index (χ3v) is 15.4. The van der Waals surface area contributed by atoms with E-state index in [-0.39, 0.29) is 18.9 Å². The Morgan fingerprint density at radius 1 is 0.456 bits per heavy atom. The molecule has 460 valence electrons. The fourth-order valence-corrected chi connectivity index (χ4v) is 10.2. The molecule has 79 heavy (non-hydrogen) atoms. The average Bonchev–Trinajstić information content (AvgIpc) is 3.48. The van der Waals surface area contributed by atoms with Crippen LogP contribution >= 0.6 is 0 Å². The van der Waals surface area contributed by atoms with Crippen LogP contribution in [-0.4, -0.2) is 140 Å². The standard InChI is InChI=1S/C65H117NO13/c1-3-5-7-9-11-13-15-17-19-21-22-23-24-25-26-27-28-29-30-31-32-33-35-37-39-41-43-45-47-49-57(70)66-53(54(69)48-46-44-42-40-38-36-34-20-18-16-14-12-10-8-6-4-2)52-76-64-62(75)60(73)63(56(51-68)78-64)79-65-61(74)59(72)58(71)55(50-67)77-65/h15,17-18,20-22,38,40,46,48,53-56,58-65,67-69,71-75H,3-14,16,19,23-37,39,41-45,47,49-52H2,1-2H3,(H,66,70)/b17-15-,20-18+,22-21-,40-38+,48-46+. The number of amides is 1. The minimum Gasteiger partial charge on any atom is -0.394 e. The smallest absolute Gasteiger partial charge is 0.220 e. The van der Waals surface area contributed by atoms with Crippen molar-refractivity contribution in [2.24, 2.45) is 0 Å². The summed E-state index contributed by atoms with van der Waals surface area (Å²) in [6.07, 6.45) is 48.4. The summed E-state index contributed by atoms with van der Waals surface area (Å²) in [6, 6.07) is -0.939. The normalized spacial score (nSPS) is 24.8. The fourth-order valence-electron chi connectivity index (χ4n) is 10.2. The molecule has 0 radical (unpaired) electrons. The van der Waals surface area contributed by atoms with Gasteiger partial charge in [-0.2, -0.15) is 0 Å². The minimum atomic E-state index is -1.79. The van der Waals surface area contributed by atoms with Crippen LogP contribution in [0.5, 0.6) is 0 Å². The lowest BCUT2D eigenvalue weighted by molar-refractivity contribution is -0.359. The van der Waals surface area contributed by atoms with Gasteiger partial charge in [0.25, 0.3) is 0 Å². The Hall–Kier alpha value is -2.31. The molecule has 0 aliphatic carbocycles. The Labute approximate surface area is 479 Å². The van der Waals surface area contributed by atoms with Crippen molar-refractivity contribution in [1.82, 2.24) is 5.32 Å². The van der Waals surface area contributed by atoms with Crippen molar-refractivity contribution in [3.63, 3.8) is 0 Å². The summed E-state index contributed by atoms with van der Waals surface area (Å²) < 4.78 is 22.8. The SMILES string of the molecule is CCCCCCC/C=C\C/C=C\CCCCCCCCCCCCCCCCCCCC(=O)NC(COC1OC(CO)C(OC2OC(CO)C(O)C(O)C2O)C(O)C1O)C(O)/C=C/CC/C=C/CC/C=C/CCCCCCCC. The second kappa shape index (κ2) is 50.2. The molecule has 0 aromatic rings. The highest BCUT2D eigenvalue weighted by molar-refractivity contribution is 5.76. The predicted octanol–water partition coefficient (Wildman–Crippen LogP) is 11.7. The molecule has 9 N–H and O–H groups in total. The summed E-state index contributed by atoms with van der Waals surface area (Å²) in [5.41, 5.74) is 0. The molecule has 1 amide bonds. The number of aliphatic hydroxyl groups excluding tert-OH is 8. The van der Waals surface area contributed by atoms with Crippen LogP contribution in [0.4, 0.5) is 0 Å². The van der Waals surface area contributed by atoms with Crippen LogP contribution in [0.3, 0.4) is 0 Å². The average molecular weight is 1120 g/mol. The molecule has 0 bridgehead atoms. The van der Waals surface area contributed by atoms with Gasteiger partial charge < -0.3 is 65.1 Å². The number of nitrogens with one attached hydrogen (secondary N) is 1. The van der Waals surface area contributed by atoms with E-state index in [4.69, 9.17) is 18.9 Å². The first kappa shape index (κ1) is 72.8. The van der Waals surface area contributed by atoms with Crippen LogP contribution in [0.1, 0.15) is 251 Å². The van der Waals surface area contributed by atoms with Crippen molar-refractivity contribution in [3.05, 3.63) is 60.8 Å². The molecule has 2 aliphatic heterocycles. The van der Waals surface area contributed by atoms with Gasteiger partial charge in [-0.1, -0.05) is 229 Å². The zero-order valence-electron chi connectivity index (χ0n) is 49.6. The van der Waals surface area contributed by atoms with E-state index >= 15 is 0 Å². The fraction of sp³-hybridized carbons (Fsp3) is 0.831. The Morgan fingerprint density at radius 2 is 0.848 bits per heavy atom. The van der Waals surface area contributed by atoms with Gasteiger partial charge in [0, 0.05) is 6.42 Å². The molecule has 2 saturated heterocycles. The van der Waals surface area contributed by atoms with Crippen LogP contribution in [0.15, 0.2) is 60.8 Å². The second-order valence-electron chi connectivity index (χ2n) is 22.5. The first-order valence-electron chi connectivity index (χ1n) is 32.0. The lowest BCUT2D eigenvalue weighted by Gasteiger charge is -2.46. The maximum Gasteiger partial charge on any atom is 0.220 e. The maximum atomic E-state index is 13.3. The molecule has 2 heterocycles. The topological polar surface area (TPSA) is 228 Å². The number of unbranched alkanes of at least 4 members (excludes halogenated alkanes) is 30. The van der Waals surface area contributed by atoms with E-state index in [9.17, 15) is 45.6 Å². The molecule has 2 fully saturated rings. The van der Waals surface area contributed by atoms with Crippen molar-refractivity contribution >= 4 is 5.91 Å². The van der Waals surface area contributed by atoms with E-state index in [2.05, 4.69) is 67.8 Å². The van der Waals surface area contributed by atoms with Gasteiger partial charge in [-0.15, -0.1) is 0 Å². The zero-order chi connectivity index (χ0) is 57.4. The molecule has 0 aromatic heterocycles. The highest BCUT2D eigenvalue weighted by Crippen LogP contribution is 2.30. The Bertz CT molecular complexity index is 1560. The van der Waals surface area contributed by atoms with Gasteiger partial charge in [0.05, 0.1) is 32.0 Å². The highest BCUT2D eigenvalue weighted by Gasteiger charge is 2.51. The quantitative estimate of drug-likeness (QED) is 0.0204. The van der Waals surface area contributed by atoms with E-state index in [1.807, 2.05) is 6.08 Å². The molecule has 2 aliphatic rings. The number of carbonyl (C=O) groups excluding carboxylic acids is 1. The van der Waals surface area contributed by atoms with E-state index < -0.39 is 86.8 Å². The van der Waals surface area contributed by atoms with Crippen LogP contribution < -0.4 is 5.32 Å². The monoisotopic (exact) mass is 1120 g/mol. The zero-order valence-corrected chi connectivity index (χ0v) is 49.6. The van der Waals surface area contributed by atoms with Gasteiger partial charge in [0.2, 0.25) is 5.91 Å². The molecule has 0 spiro atoms. The second-order valence-corrected chi connectivity index (χ2v) is 22.5.